The fourth-order valence-electron chi connectivity index (χ4n) is 1.92. The number of hydrogen-bond acceptors (Lipinski definition) is 2. The van der Waals surface area contributed by atoms with E-state index >= 15 is 0 Å². The molecule has 2 aromatic rings. The largest absolute Gasteiger partial charge is 0.379 e. The van der Waals surface area contributed by atoms with Crippen LogP contribution in [0.15, 0.2) is 36.4 Å². The predicted octanol–water partition coefficient (Wildman–Crippen LogP) is 4.30. The standard InChI is InChI=1S/C15H15ClF2N2/c1-20(2)15-7-6-10(16)8-14(15)19-9-11-12(17)4-3-5-13(11)18/h3-8,19H,9H2,1-2H3. The monoisotopic (exact) mass is 296 g/mol. The van der Waals surface area contributed by atoms with Crippen LogP contribution in [0.4, 0.5) is 20.2 Å². The summed E-state index contributed by atoms with van der Waals surface area (Å²) in [6.45, 7) is 0.0552. The molecule has 2 rings (SSSR count). The van der Waals surface area contributed by atoms with Gasteiger partial charge >= 0.3 is 0 Å². The summed E-state index contributed by atoms with van der Waals surface area (Å²) in [5.41, 5.74) is 1.63. The predicted molar refractivity (Wildman–Crippen MR) is 79.5 cm³/mol. The van der Waals surface area contributed by atoms with Crippen molar-refractivity contribution in [1.82, 2.24) is 0 Å². The molecular weight excluding hydrogens is 282 g/mol. The number of benzene rings is 2. The lowest BCUT2D eigenvalue weighted by Gasteiger charge is -2.19. The first-order valence-electron chi connectivity index (χ1n) is 6.12. The van der Waals surface area contributed by atoms with E-state index < -0.39 is 11.6 Å². The SMILES string of the molecule is CN(C)c1ccc(Cl)cc1NCc1c(F)cccc1F. The quantitative estimate of drug-likeness (QED) is 0.905. The molecule has 0 fully saturated rings. The molecule has 0 heterocycles. The van der Waals surface area contributed by atoms with E-state index in [2.05, 4.69) is 5.32 Å². The maximum Gasteiger partial charge on any atom is 0.131 e. The van der Waals surface area contributed by atoms with E-state index in [4.69, 9.17) is 11.6 Å². The Bertz CT molecular complexity index is 595. The molecule has 0 saturated heterocycles. The van der Waals surface area contributed by atoms with Crippen LogP contribution in [0.5, 0.6) is 0 Å². The van der Waals surface area contributed by atoms with Crippen LogP contribution in [0.1, 0.15) is 5.56 Å². The van der Waals surface area contributed by atoms with Crippen LogP contribution in [0.3, 0.4) is 0 Å². The number of rotatable bonds is 4. The summed E-state index contributed by atoms with van der Waals surface area (Å²) in [7, 11) is 3.77. The fourth-order valence-corrected chi connectivity index (χ4v) is 2.10. The van der Waals surface area contributed by atoms with E-state index in [0.29, 0.717) is 5.02 Å². The van der Waals surface area contributed by atoms with Crippen molar-refractivity contribution in [1.29, 1.82) is 0 Å². The Balaban J connectivity index is 2.25. The van der Waals surface area contributed by atoms with Crippen molar-refractivity contribution in [2.75, 3.05) is 24.3 Å². The van der Waals surface area contributed by atoms with Crippen LogP contribution in [-0.2, 0) is 6.54 Å². The number of nitrogens with zero attached hydrogens (tertiary/aromatic N) is 1. The number of anilines is 2. The number of halogens is 3. The second kappa shape index (κ2) is 6.09. The van der Waals surface area contributed by atoms with Crippen molar-refractivity contribution in [3.8, 4) is 0 Å². The molecule has 0 radical (unpaired) electrons. The van der Waals surface area contributed by atoms with Crippen LogP contribution in [0, 0.1) is 11.6 Å². The van der Waals surface area contributed by atoms with E-state index in [1.165, 1.54) is 18.2 Å². The van der Waals surface area contributed by atoms with Crippen molar-refractivity contribution in [2.24, 2.45) is 0 Å². The van der Waals surface area contributed by atoms with Crippen LogP contribution < -0.4 is 10.2 Å². The number of hydrogen-bond donors (Lipinski definition) is 1. The van der Waals surface area contributed by atoms with Gasteiger partial charge in [-0.15, -0.1) is 0 Å². The maximum absolute atomic E-state index is 13.6. The molecule has 0 aliphatic carbocycles. The molecule has 2 aromatic carbocycles. The maximum atomic E-state index is 13.6. The third-order valence-electron chi connectivity index (χ3n) is 2.96. The first-order chi connectivity index (χ1) is 9.49. The van der Waals surface area contributed by atoms with Gasteiger partial charge in [0.15, 0.2) is 0 Å². The van der Waals surface area contributed by atoms with Crippen LogP contribution in [0.2, 0.25) is 5.02 Å². The van der Waals surface area contributed by atoms with Gasteiger partial charge in [0.1, 0.15) is 11.6 Å². The highest BCUT2D eigenvalue weighted by Gasteiger charge is 2.10. The molecule has 0 aliphatic heterocycles. The van der Waals surface area contributed by atoms with E-state index in [1.807, 2.05) is 25.1 Å². The lowest BCUT2D eigenvalue weighted by Crippen LogP contribution is -2.13. The Labute approximate surface area is 122 Å². The zero-order valence-corrected chi connectivity index (χ0v) is 12.0. The zero-order chi connectivity index (χ0) is 14.7. The van der Waals surface area contributed by atoms with Gasteiger partial charge in [-0.05, 0) is 30.3 Å². The summed E-state index contributed by atoms with van der Waals surface area (Å²) in [5, 5.41) is 3.59. The molecule has 0 spiro atoms. The molecule has 106 valence electrons. The average Bonchev–Trinajstić information content (AvgIpc) is 2.37. The average molecular weight is 297 g/mol. The summed E-state index contributed by atoms with van der Waals surface area (Å²) < 4.78 is 27.2. The van der Waals surface area contributed by atoms with Gasteiger partial charge in [0, 0.05) is 31.2 Å². The minimum atomic E-state index is -0.564. The molecule has 20 heavy (non-hydrogen) atoms. The Kier molecular flexibility index (Phi) is 4.45. The molecule has 0 amide bonds. The lowest BCUT2D eigenvalue weighted by molar-refractivity contribution is 0.560. The van der Waals surface area contributed by atoms with E-state index in [-0.39, 0.29) is 12.1 Å². The topological polar surface area (TPSA) is 15.3 Å². The van der Waals surface area contributed by atoms with E-state index in [1.54, 1.807) is 12.1 Å². The van der Waals surface area contributed by atoms with Crippen LogP contribution in [-0.4, -0.2) is 14.1 Å². The van der Waals surface area contributed by atoms with Gasteiger partial charge in [0.25, 0.3) is 0 Å². The molecular formula is C15H15ClF2N2. The minimum absolute atomic E-state index is 0.0113. The third-order valence-corrected chi connectivity index (χ3v) is 3.19. The summed E-state index contributed by atoms with van der Waals surface area (Å²) >= 11 is 5.96. The van der Waals surface area contributed by atoms with Gasteiger partial charge in [-0.3, -0.25) is 0 Å². The van der Waals surface area contributed by atoms with E-state index in [9.17, 15) is 8.78 Å². The van der Waals surface area contributed by atoms with Crippen molar-refractivity contribution in [3.05, 3.63) is 58.6 Å². The van der Waals surface area contributed by atoms with Crippen molar-refractivity contribution in [2.45, 2.75) is 6.54 Å². The molecule has 0 atom stereocenters. The first kappa shape index (κ1) is 14.6. The molecule has 0 aliphatic rings. The third kappa shape index (κ3) is 3.20. The second-order valence-corrected chi connectivity index (χ2v) is 5.05. The van der Waals surface area contributed by atoms with Crippen molar-refractivity contribution >= 4 is 23.0 Å². The van der Waals surface area contributed by atoms with Gasteiger partial charge in [-0.2, -0.15) is 0 Å². The molecule has 0 unspecified atom stereocenters. The first-order valence-corrected chi connectivity index (χ1v) is 6.50. The summed E-state index contributed by atoms with van der Waals surface area (Å²) in [5.74, 6) is -1.13. The van der Waals surface area contributed by atoms with Gasteiger partial charge in [-0.1, -0.05) is 17.7 Å². The van der Waals surface area contributed by atoms with Crippen molar-refractivity contribution < 1.29 is 8.78 Å². The molecule has 0 saturated carbocycles. The Morgan fingerprint density at radius 2 is 1.75 bits per heavy atom. The summed E-state index contributed by atoms with van der Waals surface area (Å²) in [6, 6.07) is 9.18. The number of nitrogens with one attached hydrogen (secondary N) is 1. The Hall–Kier alpha value is -1.81. The van der Waals surface area contributed by atoms with Crippen LogP contribution in [0.25, 0.3) is 0 Å². The normalized spacial score (nSPS) is 10.4. The van der Waals surface area contributed by atoms with Gasteiger partial charge in [-0.25, -0.2) is 8.78 Å². The Morgan fingerprint density at radius 1 is 1.10 bits per heavy atom. The second-order valence-electron chi connectivity index (χ2n) is 4.61. The highest BCUT2D eigenvalue weighted by atomic mass is 35.5. The minimum Gasteiger partial charge on any atom is -0.379 e. The van der Waals surface area contributed by atoms with Gasteiger partial charge < -0.3 is 10.2 Å². The molecule has 0 bridgehead atoms. The molecule has 1 N–H and O–H groups in total. The molecule has 0 aromatic heterocycles. The summed E-state index contributed by atoms with van der Waals surface area (Å²) in [6.07, 6.45) is 0. The van der Waals surface area contributed by atoms with Crippen molar-refractivity contribution in [3.63, 3.8) is 0 Å². The molecule has 5 heteroatoms. The Morgan fingerprint density at radius 3 is 2.35 bits per heavy atom. The smallest absolute Gasteiger partial charge is 0.131 e. The molecule has 2 nitrogen and oxygen atoms in total. The fraction of sp³-hybridized carbons (Fsp3) is 0.200. The van der Waals surface area contributed by atoms with Gasteiger partial charge in [0.05, 0.1) is 11.4 Å². The summed E-state index contributed by atoms with van der Waals surface area (Å²) in [4.78, 5) is 1.90. The highest BCUT2D eigenvalue weighted by molar-refractivity contribution is 6.31. The van der Waals surface area contributed by atoms with E-state index in [0.717, 1.165) is 11.4 Å². The van der Waals surface area contributed by atoms with Gasteiger partial charge in [0.2, 0.25) is 0 Å². The highest BCUT2D eigenvalue weighted by Crippen LogP contribution is 2.28. The lowest BCUT2D eigenvalue weighted by atomic mass is 10.2. The zero-order valence-electron chi connectivity index (χ0n) is 11.3. The van der Waals surface area contributed by atoms with Crippen LogP contribution >= 0.6 is 11.6 Å².